The Hall–Kier alpha value is -2.04. The Labute approximate surface area is 200 Å². The van der Waals surface area contributed by atoms with Crippen LogP contribution in [0.1, 0.15) is 59.1 Å². The average Bonchev–Trinajstić information content (AvgIpc) is 3.46. The SMILES string of the molecule is Cc1cc(Cc2cc(C)c(OCCN3CCCC3)c(C)c2)cc(C)c1OCCN1CCCC1. The molecule has 2 aliphatic rings. The third-order valence-electron chi connectivity index (χ3n) is 7.15. The van der Waals surface area contributed by atoms with Crippen molar-refractivity contribution in [1.29, 1.82) is 0 Å². The molecule has 0 atom stereocenters. The summed E-state index contributed by atoms with van der Waals surface area (Å²) in [5, 5.41) is 0. The van der Waals surface area contributed by atoms with Gasteiger partial charge in [0.2, 0.25) is 0 Å². The van der Waals surface area contributed by atoms with E-state index in [4.69, 9.17) is 9.47 Å². The lowest BCUT2D eigenvalue weighted by Gasteiger charge is -2.19. The second-order valence-electron chi connectivity index (χ2n) is 10.1. The summed E-state index contributed by atoms with van der Waals surface area (Å²) in [4.78, 5) is 5.01. The van der Waals surface area contributed by atoms with Gasteiger partial charge in [0, 0.05) is 13.1 Å². The topological polar surface area (TPSA) is 24.9 Å². The van der Waals surface area contributed by atoms with E-state index >= 15 is 0 Å². The molecule has 0 spiro atoms. The summed E-state index contributed by atoms with van der Waals surface area (Å²) >= 11 is 0. The number of hydrogen-bond donors (Lipinski definition) is 0. The minimum Gasteiger partial charge on any atom is -0.492 e. The van der Waals surface area contributed by atoms with Gasteiger partial charge >= 0.3 is 0 Å². The molecule has 0 aromatic heterocycles. The van der Waals surface area contributed by atoms with Gasteiger partial charge in [0.1, 0.15) is 24.7 Å². The van der Waals surface area contributed by atoms with Crippen molar-refractivity contribution in [2.75, 3.05) is 52.5 Å². The summed E-state index contributed by atoms with van der Waals surface area (Å²) in [6, 6.07) is 9.18. The number of aryl methyl sites for hydroxylation is 4. The Bertz CT molecular complexity index is 806. The largest absolute Gasteiger partial charge is 0.492 e. The molecule has 0 bridgehead atoms. The highest BCUT2D eigenvalue weighted by molar-refractivity contribution is 5.47. The molecule has 0 saturated carbocycles. The van der Waals surface area contributed by atoms with Crippen LogP contribution in [0.3, 0.4) is 0 Å². The first-order chi connectivity index (χ1) is 16.0. The Morgan fingerprint density at radius 1 is 0.576 bits per heavy atom. The molecule has 2 aromatic rings. The molecule has 4 rings (SSSR count). The van der Waals surface area contributed by atoms with E-state index in [2.05, 4.69) is 61.8 Å². The number of benzene rings is 2. The van der Waals surface area contributed by atoms with Crippen molar-refractivity contribution in [3.63, 3.8) is 0 Å². The molecule has 2 aliphatic heterocycles. The van der Waals surface area contributed by atoms with E-state index in [1.54, 1.807) is 0 Å². The fourth-order valence-corrected chi connectivity index (χ4v) is 5.54. The quantitative estimate of drug-likeness (QED) is 0.480. The molecule has 2 saturated heterocycles. The van der Waals surface area contributed by atoms with Crippen LogP contribution in [0.15, 0.2) is 24.3 Å². The lowest BCUT2D eigenvalue weighted by Crippen LogP contribution is -2.25. The molecule has 0 unspecified atom stereocenters. The molecule has 0 N–H and O–H groups in total. The lowest BCUT2D eigenvalue weighted by atomic mass is 9.97. The minimum atomic E-state index is 0.776. The molecule has 4 heteroatoms. The summed E-state index contributed by atoms with van der Waals surface area (Å²) in [7, 11) is 0. The average molecular weight is 451 g/mol. The van der Waals surface area contributed by atoms with E-state index in [1.807, 2.05) is 0 Å². The van der Waals surface area contributed by atoms with Crippen molar-refractivity contribution >= 4 is 0 Å². The van der Waals surface area contributed by atoms with Crippen molar-refractivity contribution in [2.45, 2.75) is 59.8 Å². The maximum absolute atomic E-state index is 6.20. The van der Waals surface area contributed by atoms with Crippen LogP contribution in [-0.4, -0.2) is 62.3 Å². The Morgan fingerprint density at radius 3 is 1.24 bits per heavy atom. The Morgan fingerprint density at radius 2 is 0.909 bits per heavy atom. The molecule has 180 valence electrons. The molecule has 0 radical (unpaired) electrons. The second kappa shape index (κ2) is 11.4. The smallest absolute Gasteiger partial charge is 0.125 e. The summed E-state index contributed by atoms with van der Waals surface area (Å²) in [5.74, 6) is 2.12. The van der Waals surface area contributed by atoms with Crippen LogP contribution in [0.5, 0.6) is 11.5 Å². The van der Waals surface area contributed by atoms with Gasteiger partial charge in [-0.15, -0.1) is 0 Å². The summed E-state index contributed by atoms with van der Waals surface area (Å²) in [6.07, 6.45) is 6.26. The number of ether oxygens (including phenoxy) is 2. The molecule has 0 amide bonds. The van der Waals surface area contributed by atoms with E-state index in [9.17, 15) is 0 Å². The van der Waals surface area contributed by atoms with Crippen LogP contribution in [0.2, 0.25) is 0 Å². The van der Waals surface area contributed by atoms with Gasteiger partial charge in [-0.3, -0.25) is 9.80 Å². The van der Waals surface area contributed by atoms with E-state index < -0.39 is 0 Å². The molecular weight excluding hydrogens is 408 g/mol. The molecule has 2 fully saturated rings. The maximum Gasteiger partial charge on any atom is 0.125 e. The monoisotopic (exact) mass is 450 g/mol. The van der Waals surface area contributed by atoms with Crippen molar-refractivity contribution in [3.8, 4) is 11.5 Å². The predicted molar refractivity (Wildman–Crippen MR) is 137 cm³/mol. The van der Waals surface area contributed by atoms with Crippen LogP contribution in [-0.2, 0) is 6.42 Å². The van der Waals surface area contributed by atoms with Gasteiger partial charge in [0.05, 0.1) is 0 Å². The molecular formula is C29H42N2O2. The lowest BCUT2D eigenvalue weighted by molar-refractivity contribution is 0.236. The van der Waals surface area contributed by atoms with Crippen LogP contribution in [0.25, 0.3) is 0 Å². The van der Waals surface area contributed by atoms with Crippen molar-refractivity contribution in [1.82, 2.24) is 9.80 Å². The van der Waals surface area contributed by atoms with Crippen LogP contribution < -0.4 is 9.47 Å². The predicted octanol–water partition coefficient (Wildman–Crippen LogP) is 5.46. The van der Waals surface area contributed by atoms with E-state index in [0.29, 0.717) is 0 Å². The van der Waals surface area contributed by atoms with Crippen LogP contribution >= 0.6 is 0 Å². The first-order valence-corrected chi connectivity index (χ1v) is 12.9. The molecule has 4 nitrogen and oxygen atoms in total. The number of rotatable bonds is 10. The third kappa shape index (κ3) is 6.51. The zero-order valence-corrected chi connectivity index (χ0v) is 21.2. The zero-order chi connectivity index (χ0) is 23.2. The highest BCUT2D eigenvalue weighted by Crippen LogP contribution is 2.29. The van der Waals surface area contributed by atoms with Crippen molar-refractivity contribution < 1.29 is 9.47 Å². The first-order valence-electron chi connectivity index (χ1n) is 12.9. The summed E-state index contributed by atoms with van der Waals surface area (Å²) < 4.78 is 12.4. The van der Waals surface area contributed by atoms with Crippen molar-refractivity contribution in [2.24, 2.45) is 0 Å². The van der Waals surface area contributed by atoms with Gasteiger partial charge in [-0.1, -0.05) is 24.3 Å². The summed E-state index contributed by atoms with van der Waals surface area (Å²) in [5.41, 5.74) is 7.64. The zero-order valence-electron chi connectivity index (χ0n) is 21.2. The van der Waals surface area contributed by atoms with Crippen molar-refractivity contribution in [3.05, 3.63) is 57.6 Å². The van der Waals surface area contributed by atoms with Crippen LogP contribution in [0.4, 0.5) is 0 Å². The normalized spacial score (nSPS) is 17.1. The summed E-state index contributed by atoms with van der Waals surface area (Å²) in [6.45, 7) is 17.2. The Kier molecular flexibility index (Phi) is 8.32. The molecule has 2 aromatic carbocycles. The highest BCUT2D eigenvalue weighted by Gasteiger charge is 2.14. The third-order valence-corrected chi connectivity index (χ3v) is 7.15. The van der Waals surface area contributed by atoms with Gasteiger partial charge in [-0.05, 0) is 119 Å². The number of nitrogens with zero attached hydrogens (tertiary/aromatic N) is 2. The fourth-order valence-electron chi connectivity index (χ4n) is 5.54. The van der Waals surface area contributed by atoms with Gasteiger partial charge in [0.15, 0.2) is 0 Å². The van der Waals surface area contributed by atoms with Crippen LogP contribution in [0, 0.1) is 27.7 Å². The minimum absolute atomic E-state index is 0.776. The highest BCUT2D eigenvalue weighted by atomic mass is 16.5. The second-order valence-corrected chi connectivity index (χ2v) is 10.1. The van der Waals surface area contributed by atoms with E-state index in [1.165, 1.54) is 85.2 Å². The van der Waals surface area contributed by atoms with Gasteiger partial charge in [-0.25, -0.2) is 0 Å². The molecule has 0 aliphatic carbocycles. The molecule has 33 heavy (non-hydrogen) atoms. The maximum atomic E-state index is 6.20. The van der Waals surface area contributed by atoms with Gasteiger partial charge in [0.25, 0.3) is 0 Å². The first kappa shape index (κ1) is 24.1. The van der Waals surface area contributed by atoms with E-state index in [-0.39, 0.29) is 0 Å². The molecule has 2 heterocycles. The standard InChI is InChI=1S/C29H42N2O2/c1-22-17-26(18-23(2)28(22)32-15-13-30-9-5-6-10-30)21-27-19-24(3)29(25(4)20-27)33-16-14-31-11-7-8-12-31/h17-20H,5-16,21H2,1-4H3. The Balaban J connectivity index is 1.35. The number of hydrogen-bond acceptors (Lipinski definition) is 4. The van der Waals surface area contributed by atoms with Gasteiger partial charge in [-0.2, -0.15) is 0 Å². The van der Waals surface area contributed by atoms with Gasteiger partial charge < -0.3 is 9.47 Å². The fraction of sp³-hybridized carbons (Fsp3) is 0.586. The number of likely N-dealkylation sites (tertiary alicyclic amines) is 2. The van der Waals surface area contributed by atoms with E-state index in [0.717, 1.165) is 44.2 Å².